The zero-order chi connectivity index (χ0) is 16.4. The Bertz CT molecular complexity index is 774. The van der Waals surface area contributed by atoms with Gasteiger partial charge in [-0.3, -0.25) is 0 Å². The van der Waals surface area contributed by atoms with Gasteiger partial charge in [-0.25, -0.2) is 4.68 Å². The predicted octanol–water partition coefficient (Wildman–Crippen LogP) is 2.84. The maximum absolute atomic E-state index is 5.94. The Balaban J connectivity index is 1.94. The lowest BCUT2D eigenvalue weighted by Crippen LogP contribution is -1.98. The fraction of sp³-hybridized carbons (Fsp3) is 0.176. The molecule has 3 aromatic rings. The Morgan fingerprint density at radius 1 is 1.00 bits per heavy atom. The summed E-state index contributed by atoms with van der Waals surface area (Å²) in [7, 11) is 3.25. The number of methoxy groups -OCH3 is 2. The van der Waals surface area contributed by atoms with E-state index >= 15 is 0 Å². The van der Waals surface area contributed by atoms with Crippen molar-refractivity contribution in [2.24, 2.45) is 0 Å². The zero-order valence-corrected chi connectivity index (χ0v) is 13.3. The molecule has 2 aromatic carbocycles. The van der Waals surface area contributed by atoms with Crippen LogP contribution in [0.15, 0.2) is 42.6 Å². The number of rotatable bonds is 4. The van der Waals surface area contributed by atoms with Crippen LogP contribution in [-0.2, 0) is 0 Å². The molecule has 2 N–H and O–H groups in total. The largest absolute Gasteiger partial charge is 0.496 e. The van der Waals surface area contributed by atoms with Gasteiger partial charge in [0.1, 0.15) is 17.2 Å². The third-order valence-electron chi connectivity index (χ3n) is 3.66. The van der Waals surface area contributed by atoms with E-state index in [2.05, 4.69) is 10.3 Å². The van der Waals surface area contributed by atoms with Crippen LogP contribution in [0.2, 0.25) is 0 Å². The van der Waals surface area contributed by atoms with E-state index in [1.807, 2.05) is 43.5 Å². The van der Waals surface area contributed by atoms with Crippen LogP contribution in [0.3, 0.4) is 0 Å². The van der Waals surface area contributed by atoms with Crippen LogP contribution < -0.4 is 15.2 Å². The van der Waals surface area contributed by atoms with Gasteiger partial charge in [-0.1, -0.05) is 5.21 Å². The second-order valence-electron chi connectivity index (χ2n) is 5.16. The number of nitrogens with two attached hydrogens (primary N) is 1. The number of nitrogen functional groups attached to an aromatic ring is 1. The Kier molecular flexibility index (Phi) is 3.89. The van der Waals surface area contributed by atoms with Gasteiger partial charge in [0.05, 0.1) is 31.8 Å². The van der Waals surface area contributed by atoms with Crippen LogP contribution in [0.5, 0.6) is 11.5 Å². The molecule has 0 aliphatic rings. The number of ether oxygens (including phenoxy) is 2. The van der Waals surface area contributed by atoms with E-state index in [-0.39, 0.29) is 0 Å². The molecule has 0 bridgehead atoms. The number of aromatic nitrogens is 3. The lowest BCUT2D eigenvalue weighted by Gasteiger charge is -2.06. The van der Waals surface area contributed by atoms with Crippen molar-refractivity contribution in [2.45, 2.75) is 6.92 Å². The highest BCUT2D eigenvalue weighted by molar-refractivity contribution is 5.62. The van der Waals surface area contributed by atoms with E-state index in [9.17, 15) is 0 Å². The lowest BCUT2D eigenvalue weighted by atomic mass is 10.1. The highest BCUT2D eigenvalue weighted by atomic mass is 16.5. The van der Waals surface area contributed by atoms with Gasteiger partial charge in [0.2, 0.25) is 0 Å². The molecule has 0 spiro atoms. The monoisotopic (exact) mass is 310 g/mol. The van der Waals surface area contributed by atoms with Crippen molar-refractivity contribution in [3.05, 3.63) is 48.2 Å². The summed E-state index contributed by atoms with van der Waals surface area (Å²) in [5.74, 6) is 1.49. The fourth-order valence-electron chi connectivity index (χ4n) is 2.42. The molecule has 3 rings (SSSR count). The second kappa shape index (κ2) is 6.00. The molecule has 0 aliphatic heterocycles. The Morgan fingerprint density at radius 2 is 1.74 bits per heavy atom. The first kappa shape index (κ1) is 14.9. The first-order chi connectivity index (χ1) is 11.1. The van der Waals surface area contributed by atoms with E-state index in [1.165, 1.54) is 0 Å². The van der Waals surface area contributed by atoms with Crippen molar-refractivity contribution in [1.29, 1.82) is 0 Å². The van der Waals surface area contributed by atoms with Gasteiger partial charge in [0, 0.05) is 5.56 Å². The van der Waals surface area contributed by atoms with Gasteiger partial charge >= 0.3 is 0 Å². The molecule has 1 aromatic heterocycles. The van der Waals surface area contributed by atoms with Crippen molar-refractivity contribution < 1.29 is 9.47 Å². The number of nitrogens with zero attached hydrogens (tertiary/aromatic N) is 3. The molecule has 6 nitrogen and oxygen atoms in total. The molecule has 0 saturated carbocycles. The van der Waals surface area contributed by atoms with E-state index < -0.39 is 0 Å². The average Bonchev–Trinajstić information content (AvgIpc) is 3.04. The molecule has 6 heteroatoms. The van der Waals surface area contributed by atoms with Crippen molar-refractivity contribution >= 4 is 5.69 Å². The van der Waals surface area contributed by atoms with E-state index in [1.54, 1.807) is 25.0 Å². The molecular weight excluding hydrogens is 292 g/mol. The summed E-state index contributed by atoms with van der Waals surface area (Å²) in [6.45, 7) is 2.00. The van der Waals surface area contributed by atoms with Crippen molar-refractivity contribution in [2.75, 3.05) is 20.0 Å². The summed E-state index contributed by atoms with van der Waals surface area (Å²) in [4.78, 5) is 0. The SMILES string of the molecule is COc1ccc(-c2cn(-c3ccc(OC)c(N)c3)nn2)cc1C. The number of aryl methyl sites for hydroxylation is 1. The van der Waals surface area contributed by atoms with Crippen LogP contribution in [0.25, 0.3) is 16.9 Å². The molecule has 118 valence electrons. The standard InChI is InChI=1S/C17H18N4O2/c1-11-8-12(4-6-16(11)22-2)15-10-21(20-19-15)13-5-7-17(23-3)14(18)9-13/h4-10H,18H2,1-3H3. The first-order valence-electron chi connectivity index (χ1n) is 7.13. The highest BCUT2D eigenvalue weighted by Crippen LogP contribution is 2.27. The van der Waals surface area contributed by atoms with E-state index in [0.29, 0.717) is 11.4 Å². The van der Waals surface area contributed by atoms with Gasteiger partial charge in [0.15, 0.2) is 0 Å². The minimum Gasteiger partial charge on any atom is -0.496 e. The molecule has 0 amide bonds. The maximum atomic E-state index is 5.94. The van der Waals surface area contributed by atoms with E-state index in [4.69, 9.17) is 15.2 Å². The number of hydrogen-bond donors (Lipinski definition) is 1. The summed E-state index contributed by atoms with van der Waals surface area (Å²) in [5, 5.41) is 8.40. The first-order valence-corrected chi connectivity index (χ1v) is 7.13. The average molecular weight is 310 g/mol. The van der Waals surface area contributed by atoms with Gasteiger partial charge in [0.25, 0.3) is 0 Å². The fourth-order valence-corrected chi connectivity index (χ4v) is 2.42. The van der Waals surface area contributed by atoms with Gasteiger partial charge < -0.3 is 15.2 Å². The lowest BCUT2D eigenvalue weighted by molar-refractivity contribution is 0.412. The molecule has 1 heterocycles. The Labute approximate surface area is 134 Å². The topological polar surface area (TPSA) is 75.2 Å². The quantitative estimate of drug-likeness (QED) is 0.750. The molecule has 23 heavy (non-hydrogen) atoms. The summed E-state index contributed by atoms with van der Waals surface area (Å²) in [6, 6.07) is 11.4. The van der Waals surface area contributed by atoms with Crippen molar-refractivity contribution in [3.8, 4) is 28.4 Å². The molecule has 0 fully saturated rings. The minimum absolute atomic E-state index is 0.558. The van der Waals surface area contributed by atoms with Crippen molar-refractivity contribution in [1.82, 2.24) is 15.0 Å². The van der Waals surface area contributed by atoms with Crippen molar-refractivity contribution in [3.63, 3.8) is 0 Å². The summed E-state index contributed by atoms with van der Waals surface area (Å²) in [5.41, 5.74) is 10.1. The minimum atomic E-state index is 0.558. The van der Waals surface area contributed by atoms with Crippen LogP contribution in [0.1, 0.15) is 5.56 Å². The summed E-state index contributed by atoms with van der Waals surface area (Å²) in [6.07, 6.45) is 1.86. The number of anilines is 1. The van der Waals surface area contributed by atoms with Gasteiger partial charge in [-0.05, 0) is 48.9 Å². The molecule has 0 saturated heterocycles. The Morgan fingerprint density at radius 3 is 2.39 bits per heavy atom. The summed E-state index contributed by atoms with van der Waals surface area (Å²) < 4.78 is 12.1. The third-order valence-corrected chi connectivity index (χ3v) is 3.66. The predicted molar refractivity (Wildman–Crippen MR) is 89.0 cm³/mol. The normalized spacial score (nSPS) is 10.6. The molecule has 0 atom stereocenters. The third kappa shape index (κ3) is 2.83. The Hall–Kier alpha value is -3.02. The van der Waals surface area contributed by atoms with Crippen LogP contribution in [-0.4, -0.2) is 29.2 Å². The number of benzene rings is 2. The van der Waals surface area contributed by atoms with Gasteiger partial charge in [-0.2, -0.15) is 0 Å². The molecule has 0 aliphatic carbocycles. The highest BCUT2D eigenvalue weighted by Gasteiger charge is 2.09. The van der Waals surface area contributed by atoms with Gasteiger partial charge in [-0.15, -0.1) is 5.10 Å². The smallest absolute Gasteiger partial charge is 0.141 e. The number of hydrogen-bond acceptors (Lipinski definition) is 5. The van der Waals surface area contributed by atoms with Crippen LogP contribution in [0.4, 0.5) is 5.69 Å². The zero-order valence-electron chi connectivity index (χ0n) is 13.3. The second-order valence-corrected chi connectivity index (χ2v) is 5.16. The van der Waals surface area contributed by atoms with Crippen LogP contribution in [0, 0.1) is 6.92 Å². The maximum Gasteiger partial charge on any atom is 0.141 e. The van der Waals surface area contributed by atoms with E-state index in [0.717, 1.165) is 28.3 Å². The summed E-state index contributed by atoms with van der Waals surface area (Å²) >= 11 is 0. The molecule has 0 radical (unpaired) electrons. The van der Waals surface area contributed by atoms with Crippen LogP contribution >= 0.6 is 0 Å². The molecular formula is C17H18N4O2. The molecule has 0 unspecified atom stereocenters.